The molecule has 2 aliphatic rings. The Kier molecular flexibility index (Phi) is 4.65. The van der Waals surface area contributed by atoms with E-state index < -0.39 is 0 Å². The molecule has 2 amide bonds. The van der Waals surface area contributed by atoms with Crippen molar-refractivity contribution in [3.8, 4) is 0 Å². The van der Waals surface area contributed by atoms with Crippen LogP contribution in [-0.4, -0.2) is 35.5 Å². The van der Waals surface area contributed by atoms with Crippen molar-refractivity contribution in [3.05, 3.63) is 30.1 Å². The van der Waals surface area contributed by atoms with Gasteiger partial charge in [0.05, 0.1) is 0 Å². The summed E-state index contributed by atoms with van der Waals surface area (Å²) >= 11 is 0. The summed E-state index contributed by atoms with van der Waals surface area (Å²) in [5.74, 6) is 2.30. The molecule has 4 heteroatoms. The highest BCUT2D eigenvalue weighted by molar-refractivity contribution is 5.74. The lowest BCUT2D eigenvalue weighted by molar-refractivity contribution is 0.203. The van der Waals surface area contributed by atoms with Crippen molar-refractivity contribution in [1.82, 2.24) is 15.2 Å². The number of likely N-dealkylation sites (tertiary alicyclic amines) is 1. The van der Waals surface area contributed by atoms with Gasteiger partial charge in [0.15, 0.2) is 0 Å². The molecule has 3 atom stereocenters. The van der Waals surface area contributed by atoms with Crippen molar-refractivity contribution < 1.29 is 4.79 Å². The largest absolute Gasteiger partial charge is 0.337 e. The molecule has 1 aliphatic carbocycles. The number of nitrogens with one attached hydrogen (secondary N) is 1. The average Bonchev–Trinajstić information content (AvgIpc) is 3.09. The number of urea groups is 1. The number of pyridine rings is 1. The average molecular weight is 301 g/mol. The normalized spacial score (nSPS) is 25.3. The molecule has 0 spiro atoms. The topological polar surface area (TPSA) is 45.2 Å². The third-order valence-electron chi connectivity index (χ3n) is 5.40. The maximum atomic E-state index is 12.4. The number of carbonyl (C=O) groups is 1. The molecule has 2 heterocycles. The molecular formula is C18H27N3O. The minimum Gasteiger partial charge on any atom is -0.337 e. The number of nitrogens with zero attached hydrogens (tertiary/aromatic N) is 2. The van der Waals surface area contributed by atoms with E-state index in [1.54, 1.807) is 6.20 Å². The van der Waals surface area contributed by atoms with Crippen molar-refractivity contribution in [2.45, 2.75) is 39.0 Å². The lowest BCUT2D eigenvalue weighted by Gasteiger charge is -2.24. The fraction of sp³-hybridized carbons (Fsp3) is 0.667. The second-order valence-corrected chi connectivity index (χ2v) is 7.18. The molecule has 1 saturated heterocycles. The van der Waals surface area contributed by atoms with Crippen LogP contribution in [0.15, 0.2) is 24.5 Å². The van der Waals surface area contributed by atoms with Crippen molar-refractivity contribution in [2.24, 2.45) is 17.8 Å². The van der Waals surface area contributed by atoms with Gasteiger partial charge in [-0.15, -0.1) is 0 Å². The Hall–Kier alpha value is -1.58. The first-order valence-electron chi connectivity index (χ1n) is 8.58. The van der Waals surface area contributed by atoms with Crippen LogP contribution >= 0.6 is 0 Å². The minimum atomic E-state index is 0.115. The van der Waals surface area contributed by atoms with E-state index in [0.29, 0.717) is 18.4 Å². The summed E-state index contributed by atoms with van der Waals surface area (Å²) in [6.07, 6.45) is 7.66. The number of aromatic nitrogens is 1. The maximum absolute atomic E-state index is 12.4. The lowest BCUT2D eigenvalue weighted by Crippen LogP contribution is -2.41. The molecule has 0 aromatic carbocycles. The molecule has 1 aromatic rings. The first-order chi connectivity index (χ1) is 10.6. The highest BCUT2D eigenvalue weighted by Gasteiger charge is 2.38. The zero-order chi connectivity index (χ0) is 15.5. The van der Waals surface area contributed by atoms with Gasteiger partial charge in [-0.05, 0) is 42.2 Å². The minimum absolute atomic E-state index is 0.115. The van der Waals surface area contributed by atoms with Crippen LogP contribution in [-0.2, 0) is 0 Å². The number of hydrogen-bond donors (Lipinski definition) is 1. The molecule has 1 aromatic heterocycles. The smallest absolute Gasteiger partial charge is 0.317 e. The molecule has 2 fully saturated rings. The van der Waals surface area contributed by atoms with Crippen LogP contribution in [0.4, 0.5) is 4.79 Å². The predicted octanol–water partition coefficient (Wildman–Crippen LogP) is 3.26. The fourth-order valence-electron chi connectivity index (χ4n) is 4.04. The van der Waals surface area contributed by atoms with Gasteiger partial charge in [-0.2, -0.15) is 0 Å². The summed E-state index contributed by atoms with van der Waals surface area (Å²) in [4.78, 5) is 18.7. The Bertz CT molecular complexity index is 490. The van der Waals surface area contributed by atoms with Crippen LogP contribution in [0.2, 0.25) is 0 Å². The zero-order valence-corrected chi connectivity index (χ0v) is 13.7. The Balaban J connectivity index is 1.55. The number of hydrogen-bond acceptors (Lipinski definition) is 2. The zero-order valence-electron chi connectivity index (χ0n) is 13.7. The molecule has 0 unspecified atom stereocenters. The van der Waals surface area contributed by atoms with Gasteiger partial charge in [0.25, 0.3) is 0 Å². The third-order valence-corrected chi connectivity index (χ3v) is 5.40. The van der Waals surface area contributed by atoms with Gasteiger partial charge in [0.2, 0.25) is 0 Å². The van der Waals surface area contributed by atoms with Crippen LogP contribution in [0.5, 0.6) is 0 Å². The van der Waals surface area contributed by atoms with Crippen LogP contribution in [0, 0.1) is 17.8 Å². The molecular weight excluding hydrogens is 274 g/mol. The van der Waals surface area contributed by atoms with Gasteiger partial charge >= 0.3 is 6.03 Å². The summed E-state index contributed by atoms with van der Waals surface area (Å²) in [5.41, 5.74) is 1.20. The number of rotatable bonds is 4. The quantitative estimate of drug-likeness (QED) is 0.927. The summed E-state index contributed by atoms with van der Waals surface area (Å²) in [6.45, 7) is 6.99. The predicted molar refractivity (Wildman–Crippen MR) is 87.6 cm³/mol. The molecule has 0 bridgehead atoms. The molecule has 120 valence electrons. The van der Waals surface area contributed by atoms with E-state index >= 15 is 0 Å². The summed E-state index contributed by atoms with van der Waals surface area (Å²) in [7, 11) is 0. The van der Waals surface area contributed by atoms with Crippen LogP contribution in [0.25, 0.3) is 0 Å². The second-order valence-electron chi connectivity index (χ2n) is 7.18. The molecule has 0 radical (unpaired) electrons. The van der Waals surface area contributed by atoms with Gasteiger partial charge in [-0.25, -0.2) is 4.79 Å². The standard InChI is InChI=1S/C18H27N3O/c1-13(2)17(14-7-4-8-19-9-14)10-20-18(22)21-11-15-5-3-6-16(15)12-21/h4,7-9,13,15-17H,3,5-6,10-12H2,1-2H3,(H,20,22)/t15-,16-,17-/m0/s1. The van der Waals surface area contributed by atoms with E-state index in [4.69, 9.17) is 0 Å². The monoisotopic (exact) mass is 301 g/mol. The Labute approximate surface area is 133 Å². The van der Waals surface area contributed by atoms with Gasteiger partial charge < -0.3 is 10.2 Å². The first kappa shape index (κ1) is 15.3. The van der Waals surface area contributed by atoms with E-state index in [1.807, 2.05) is 17.2 Å². The summed E-state index contributed by atoms with van der Waals surface area (Å²) in [6, 6.07) is 4.18. The second kappa shape index (κ2) is 6.67. The molecule has 1 N–H and O–H groups in total. The fourth-order valence-corrected chi connectivity index (χ4v) is 4.04. The third kappa shape index (κ3) is 3.26. The van der Waals surface area contributed by atoms with Crippen molar-refractivity contribution in [3.63, 3.8) is 0 Å². The molecule has 22 heavy (non-hydrogen) atoms. The number of amides is 2. The van der Waals surface area contributed by atoms with Crippen LogP contribution < -0.4 is 5.32 Å². The molecule has 1 saturated carbocycles. The molecule has 4 nitrogen and oxygen atoms in total. The molecule has 1 aliphatic heterocycles. The van der Waals surface area contributed by atoms with Gasteiger partial charge in [0.1, 0.15) is 0 Å². The summed E-state index contributed by atoms with van der Waals surface area (Å²) < 4.78 is 0. The van der Waals surface area contributed by atoms with Crippen molar-refractivity contribution in [1.29, 1.82) is 0 Å². The summed E-state index contributed by atoms with van der Waals surface area (Å²) in [5, 5.41) is 3.15. The van der Waals surface area contributed by atoms with Gasteiger partial charge in [-0.3, -0.25) is 4.98 Å². The van der Waals surface area contributed by atoms with E-state index in [9.17, 15) is 4.79 Å². The van der Waals surface area contributed by atoms with E-state index in [0.717, 1.165) is 24.9 Å². The lowest BCUT2D eigenvalue weighted by atomic mass is 9.89. The van der Waals surface area contributed by atoms with Gasteiger partial charge in [-0.1, -0.05) is 26.3 Å². The molecule has 3 rings (SSSR count). The Morgan fingerprint density at radius 2 is 2.09 bits per heavy atom. The number of carbonyl (C=O) groups excluding carboxylic acids is 1. The Morgan fingerprint density at radius 3 is 2.68 bits per heavy atom. The van der Waals surface area contributed by atoms with Crippen molar-refractivity contribution in [2.75, 3.05) is 19.6 Å². The van der Waals surface area contributed by atoms with Crippen LogP contribution in [0.3, 0.4) is 0 Å². The van der Waals surface area contributed by atoms with E-state index in [-0.39, 0.29) is 6.03 Å². The van der Waals surface area contributed by atoms with Crippen LogP contribution in [0.1, 0.15) is 44.6 Å². The highest BCUT2D eigenvalue weighted by Crippen LogP contribution is 2.37. The van der Waals surface area contributed by atoms with E-state index in [1.165, 1.54) is 24.8 Å². The first-order valence-corrected chi connectivity index (χ1v) is 8.58. The maximum Gasteiger partial charge on any atom is 0.317 e. The van der Waals surface area contributed by atoms with E-state index in [2.05, 4.69) is 30.2 Å². The Morgan fingerprint density at radius 1 is 1.36 bits per heavy atom. The SMILES string of the molecule is CC(C)[C@H](CNC(=O)N1C[C@@H]2CCC[C@H]2C1)c1cccnc1. The highest BCUT2D eigenvalue weighted by atomic mass is 16.2. The number of fused-ring (bicyclic) bond motifs is 1. The van der Waals surface area contributed by atoms with Crippen molar-refractivity contribution >= 4 is 6.03 Å². The van der Waals surface area contributed by atoms with Gasteiger partial charge in [0, 0.05) is 37.9 Å².